The van der Waals surface area contributed by atoms with Crippen LogP contribution in [0.4, 0.5) is 0 Å². The molecule has 1 N–H and O–H groups in total. The van der Waals surface area contributed by atoms with Gasteiger partial charge in [0.2, 0.25) is 0 Å². The average Bonchev–Trinajstić information content (AvgIpc) is 3.02. The molecule has 5 nitrogen and oxygen atoms in total. The number of nitrogens with zero attached hydrogens (tertiary/aromatic N) is 4. The fourth-order valence-electron chi connectivity index (χ4n) is 10.5. The molecular weight excluding hydrogens is 396 g/mol. The van der Waals surface area contributed by atoms with Gasteiger partial charge in [0.25, 0.3) is 0 Å². The highest BCUT2D eigenvalue weighted by atomic mass is 16.3. The number of aromatic nitrogens is 4. The Hall–Kier alpha value is -0.970. The van der Waals surface area contributed by atoms with Crippen LogP contribution in [0.3, 0.4) is 0 Å². The molecule has 5 saturated carbocycles. The lowest BCUT2D eigenvalue weighted by molar-refractivity contribution is -0.0847. The zero-order valence-electron chi connectivity index (χ0n) is 20.7. The van der Waals surface area contributed by atoms with Gasteiger partial charge in [0, 0.05) is 0 Å². The largest absolute Gasteiger partial charge is 0.389 e. The molecule has 1 heterocycles. The van der Waals surface area contributed by atoms with Crippen LogP contribution in [-0.4, -0.2) is 30.9 Å². The third-order valence-corrected chi connectivity index (χ3v) is 11.7. The molecule has 0 aromatic carbocycles. The minimum Gasteiger partial charge on any atom is -0.389 e. The maximum absolute atomic E-state index is 11.3. The van der Waals surface area contributed by atoms with Crippen molar-refractivity contribution < 1.29 is 5.11 Å². The minimum atomic E-state index is -0.269. The first-order chi connectivity index (χ1) is 15.4. The minimum absolute atomic E-state index is 0.269. The first-order valence-electron chi connectivity index (χ1n) is 13.8. The van der Waals surface area contributed by atoms with Crippen LogP contribution in [0, 0.1) is 65.6 Å². The molecule has 5 aliphatic rings. The van der Waals surface area contributed by atoms with Gasteiger partial charge in [-0.15, -0.1) is 10.2 Å². The Bertz CT molecular complexity index is 854. The lowest BCUT2D eigenvalue weighted by atomic mass is 9.49. The molecule has 0 aliphatic heterocycles. The number of fused-ring (bicyclic) bond motifs is 7. The number of rotatable bonds is 5. The van der Waals surface area contributed by atoms with Crippen molar-refractivity contribution in [3.05, 3.63) is 5.82 Å². The molecule has 1 aromatic heterocycles. The molecular formula is C27H44N4O. The summed E-state index contributed by atoms with van der Waals surface area (Å²) in [4.78, 5) is 1.83. The Kier molecular flexibility index (Phi) is 5.06. The summed E-state index contributed by atoms with van der Waals surface area (Å²) in [6.07, 6.45) is 13.4. The van der Waals surface area contributed by atoms with Gasteiger partial charge in [-0.25, -0.2) is 0 Å². The van der Waals surface area contributed by atoms with Crippen LogP contribution >= 0.6 is 0 Å². The molecule has 32 heavy (non-hydrogen) atoms. The van der Waals surface area contributed by atoms with Gasteiger partial charge in [-0.3, -0.25) is 0 Å². The predicted octanol–water partition coefficient (Wildman–Crippen LogP) is 5.27. The van der Waals surface area contributed by atoms with Crippen LogP contribution in [0.2, 0.25) is 0 Å². The highest BCUT2D eigenvalue weighted by Crippen LogP contribution is 2.71. The Morgan fingerprint density at radius 1 is 1.03 bits per heavy atom. The van der Waals surface area contributed by atoms with Crippen molar-refractivity contribution in [3.63, 3.8) is 0 Å². The molecule has 0 spiro atoms. The normalized spacial score (nSPS) is 50.2. The highest BCUT2D eigenvalue weighted by molar-refractivity contribution is 5.19. The fourth-order valence-corrected chi connectivity index (χ4v) is 10.5. The van der Waals surface area contributed by atoms with Gasteiger partial charge in [-0.05, 0) is 129 Å². The van der Waals surface area contributed by atoms with Gasteiger partial charge >= 0.3 is 0 Å². The number of tetrazole rings is 1. The monoisotopic (exact) mass is 440 g/mol. The number of hydrogen-bond donors (Lipinski definition) is 1. The SMILES string of the molecule is CCCC1C2[C@H]3CC[C@@H]4[C@H](CC[C@]5(C)[C@@H]([C@H](C)Cn6nnc(C)n6)CC[C@@H]45)[C@H]3CC[C@]12O. The standard InChI is InChI=1S/C27H44N4O/c1-5-6-24-25-21-8-7-20-18(19(21)12-14-27(24,25)32)11-13-26(4)22(9-10-23(20)26)16(2)15-31-29-17(3)28-30-31/h16,18-25,32H,5-15H2,1-4H3/t16-,18-,19-,20-,21+,22-,23+,24?,25?,26-,27+/m1/s1. The molecule has 0 radical (unpaired) electrons. The van der Waals surface area contributed by atoms with Crippen molar-refractivity contribution in [3.8, 4) is 0 Å². The number of hydrogen-bond acceptors (Lipinski definition) is 4. The van der Waals surface area contributed by atoms with Crippen molar-refractivity contribution in [2.24, 2.45) is 58.7 Å². The molecule has 0 amide bonds. The Morgan fingerprint density at radius 2 is 1.78 bits per heavy atom. The van der Waals surface area contributed by atoms with E-state index in [9.17, 15) is 5.11 Å². The van der Waals surface area contributed by atoms with Crippen LogP contribution in [-0.2, 0) is 6.54 Å². The van der Waals surface area contributed by atoms with Crippen molar-refractivity contribution in [2.45, 2.75) is 104 Å². The van der Waals surface area contributed by atoms with Gasteiger partial charge < -0.3 is 5.11 Å². The number of aliphatic hydroxyl groups is 1. The van der Waals surface area contributed by atoms with Gasteiger partial charge in [-0.2, -0.15) is 4.80 Å². The fraction of sp³-hybridized carbons (Fsp3) is 0.963. The van der Waals surface area contributed by atoms with Crippen LogP contribution in [0.15, 0.2) is 0 Å². The van der Waals surface area contributed by atoms with Crippen molar-refractivity contribution >= 4 is 0 Å². The van der Waals surface area contributed by atoms with Gasteiger partial charge in [0.05, 0.1) is 12.1 Å². The van der Waals surface area contributed by atoms with Crippen molar-refractivity contribution in [2.75, 3.05) is 0 Å². The molecule has 2 unspecified atom stereocenters. The van der Waals surface area contributed by atoms with Gasteiger partial charge in [0.15, 0.2) is 5.82 Å². The molecule has 178 valence electrons. The Morgan fingerprint density at radius 3 is 2.53 bits per heavy atom. The zero-order chi connectivity index (χ0) is 22.3. The summed E-state index contributed by atoms with van der Waals surface area (Å²) in [5.41, 5.74) is 0.220. The molecule has 6 rings (SSSR count). The average molecular weight is 441 g/mol. The summed E-state index contributed by atoms with van der Waals surface area (Å²) in [5.74, 6) is 7.96. The van der Waals surface area contributed by atoms with E-state index in [0.29, 0.717) is 23.2 Å². The van der Waals surface area contributed by atoms with E-state index in [0.717, 1.165) is 54.3 Å². The highest BCUT2D eigenvalue weighted by Gasteiger charge is 2.70. The summed E-state index contributed by atoms with van der Waals surface area (Å²) in [6.45, 7) is 10.2. The van der Waals surface area contributed by atoms with E-state index >= 15 is 0 Å². The van der Waals surface area contributed by atoms with E-state index in [4.69, 9.17) is 0 Å². The molecule has 1 aromatic rings. The van der Waals surface area contributed by atoms with E-state index in [1.54, 1.807) is 0 Å². The third kappa shape index (κ3) is 3.01. The van der Waals surface area contributed by atoms with E-state index in [-0.39, 0.29) is 5.60 Å². The van der Waals surface area contributed by atoms with Crippen molar-refractivity contribution in [1.82, 2.24) is 20.2 Å². The first kappa shape index (κ1) is 21.6. The maximum atomic E-state index is 11.3. The zero-order valence-corrected chi connectivity index (χ0v) is 20.7. The lowest BCUT2D eigenvalue weighted by Gasteiger charge is -2.56. The van der Waals surface area contributed by atoms with Gasteiger partial charge in [-0.1, -0.05) is 27.2 Å². The van der Waals surface area contributed by atoms with E-state index < -0.39 is 0 Å². The summed E-state index contributed by atoms with van der Waals surface area (Å²) in [6, 6.07) is 0. The lowest BCUT2D eigenvalue weighted by Crippen LogP contribution is -2.50. The summed E-state index contributed by atoms with van der Waals surface area (Å²) >= 11 is 0. The van der Waals surface area contributed by atoms with E-state index in [1.165, 1.54) is 57.8 Å². The maximum Gasteiger partial charge on any atom is 0.171 e. The van der Waals surface area contributed by atoms with Crippen LogP contribution in [0.1, 0.15) is 90.8 Å². The molecule has 5 aliphatic carbocycles. The number of aryl methyl sites for hydroxylation is 1. The molecule has 0 saturated heterocycles. The molecule has 0 bridgehead atoms. The second-order valence-electron chi connectivity index (χ2n) is 12.9. The summed E-state index contributed by atoms with van der Waals surface area (Å²) in [7, 11) is 0. The predicted molar refractivity (Wildman–Crippen MR) is 125 cm³/mol. The second-order valence-corrected chi connectivity index (χ2v) is 12.9. The van der Waals surface area contributed by atoms with Crippen LogP contribution < -0.4 is 0 Å². The van der Waals surface area contributed by atoms with E-state index in [1.807, 2.05) is 11.7 Å². The molecule has 5 fully saturated rings. The summed E-state index contributed by atoms with van der Waals surface area (Å²) in [5, 5.41) is 24.1. The van der Waals surface area contributed by atoms with Crippen LogP contribution in [0.25, 0.3) is 0 Å². The first-order valence-corrected chi connectivity index (χ1v) is 13.8. The summed E-state index contributed by atoms with van der Waals surface area (Å²) < 4.78 is 0. The third-order valence-electron chi connectivity index (χ3n) is 11.7. The smallest absolute Gasteiger partial charge is 0.171 e. The Balaban J connectivity index is 1.17. The molecule has 5 heteroatoms. The topological polar surface area (TPSA) is 63.8 Å². The quantitative estimate of drug-likeness (QED) is 0.677. The van der Waals surface area contributed by atoms with Crippen LogP contribution in [0.5, 0.6) is 0 Å². The second kappa shape index (κ2) is 7.52. The van der Waals surface area contributed by atoms with E-state index in [2.05, 4.69) is 36.2 Å². The molecule has 11 atom stereocenters. The van der Waals surface area contributed by atoms with Gasteiger partial charge in [0.1, 0.15) is 0 Å². The van der Waals surface area contributed by atoms with Crippen molar-refractivity contribution in [1.29, 1.82) is 0 Å². The Labute approximate surface area is 194 Å².